The van der Waals surface area contributed by atoms with Crippen LogP contribution in [0.5, 0.6) is 0 Å². The predicted octanol–water partition coefficient (Wildman–Crippen LogP) is 6.81. The summed E-state index contributed by atoms with van der Waals surface area (Å²) in [6.07, 6.45) is 21.5. The van der Waals surface area contributed by atoms with E-state index in [0.717, 1.165) is 92.9 Å². The molecule has 2 atom stereocenters. The zero-order chi connectivity index (χ0) is 38.0. The van der Waals surface area contributed by atoms with Gasteiger partial charge in [0, 0.05) is 43.3 Å². The van der Waals surface area contributed by atoms with Crippen LogP contribution >= 0.6 is 0 Å². The van der Waals surface area contributed by atoms with Crippen molar-refractivity contribution in [3.05, 3.63) is 104 Å². The van der Waals surface area contributed by atoms with Crippen LogP contribution in [0.15, 0.2) is 70.4 Å². The Morgan fingerprint density at radius 2 is 1.54 bits per heavy atom. The second-order valence-electron chi connectivity index (χ2n) is 14.4. The summed E-state index contributed by atoms with van der Waals surface area (Å²) in [7, 11) is 0. The molecule has 0 aliphatic carbocycles. The molecular weight excluding hydrogens is 683 g/mol. The molecule has 0 saturated carbocycles. The largest absolute Gasteiger partial charge is 0.393 e. The Labute approximate surface area is 318 Å². The first-order chi connectivity index (χ1) is 26.4. The van der Waals surface area contributed by atoms with Crippen molar-refractivity contribution in [1.82, 2.24) is 29.5 Å². The van der Waals surface area contributed by atoms with Gasteiger partial charge in [-0.25, -0.2) is 14.3 Å². The van der Waals surface area contributed by atoms with Gasteiger partial charge in [0.1, 0.15) is 17.7 Å². The average molecular weight is 742 g/mol. The van der Waals surface area contributed by atoms with Crippen molar-refractivity contribution >= 4 is 17.1 Å². The Balaban J connectivity index is 0.858. The third-order valence-electron chi connectivity index (χ3n) is 10.1. The van der Waals surface area contributed by atoms with Crippen molar-refractivity contribution in [1.29, 1.82) is 0 Å². The molecule has 0 fully saturated rings. The highest BCUT2D eigenvalue weighted by atomic mass is 16.5. The maximum Gasteiger partial charge on any atom is 0.330 e. The van der Waals surface area contributed by atoms with Gasteiger partial charge in [0.2, 0.25) is 0 Å². The third-order valence-corrected chi connectivity index (χ3v) is 10.1. The Hall–Kier alpha value is -4.39. The molecule has 12 nitrogen and oxygen atoms in total. The van der Waals surface area contributed by atoms with Gasteiger partial charge in [-0.1, -0.05) is 101 Å². The number of unbranched alkanes of at least 4 members (excludes halogenated alkanes) is 12. The Bertz CT molecular complexity index is 1880. The number of aryl methyl sites for hydroxylation is 2. The number of rotatable bonds is 26. The summed E-state index contributed by atoms with van der Waals surface area (Å²) in [6.45, 7) is 3.99. The van der Waals surface area contributed by atoms with Gasteiger partial charge in [-0.15, -0.1) is 5.10 Å². The van der Waals surface area contributed by atoms with Crippen molar-refractivity contribution in [2.45, 2.75) is 129 Å². The molecular formula is C42H59N7O5. The molecule has 0 amide bonds. The maximum atomic E-state index is 12.3. The van der Waals surface area contributed by atoms with E-state index in [1.807, 2.05) is 41.8 Å². The van der Waals surface area contributed by atoms with Gasteiger partial charge in [-0.2, -0.15) is 0 Å². The van der Waals surface area contributed by atoms with Gasteiger partial charge in [-0.3, -0.25) is 19.1 Å². The van der Waals surface area contributed by atoms with Crippen LogP contribution in [0.3, 0.4) is 0 Å². The summed E-state index contributed by atoms with van der Waals surface area (Å²) in [6, 6.07) is 13.7. The van der Waals surface area contributed by atoms with E-state index in [2.05, 4.69) is 27.8 Å². The normalized spacial score (nSPS) is 15.4. The van der Waals surface area contributed by atoms with Gasteiger partial charge >= 0.3 is 5.69 Å². The number of Topliss-reactive ketones (excluding diaryl/α,β-unsaturated/α-hetero) is 1. The second-order valence-corrected chi connectivity index (χ2v) is 14.4. The van der Waals surface area contributed by atoms with Crippen LogP contribution in [0.4, 0.5) is 5.82 Å². The number of hydrogen-bond acceptors (Lipinski definition) is 9. The molecule has 54 heavy (non-hydrogen) atoms. The van der Waals surface area contributed by atoms with Gasteiger partial charge in [0.05, 0.1) is 17.8 Å². The number of fused-ring (bicyclic) bond motifs is 1. The highest BCUT2D eigenvalue weighted by molar-refractivity contribution is 5.95. The summed E-state index contributed by atoms with van der Waals surface area (Å²) in [5.41, 5.74) is 2.44. The topological polar surface area (TPSA) is 156 Å². The molecule has 0 bridgehead atoms. The van der Waals surface area contributed by atoms with E-state index in [1.54, 1.807) is 18.3 Å². The number of carbonyl (C=O) groups is 1. The van der Waals surface area contributed by atoms with Crippen LogP contribution in [0.25, 0.3) is 5.52 Å². The maximum absolute atomic E-state index is 12.3. The molecule has 1 aliphatic rings. The average Bonchev–Trinajstić information content (AvgIpc) is 3.79. The number of hydrogen-bond donors (Lipinski definition) is 4. The highest BCUT2D eigenvalue weighted by Gasteiger charge is 2.21. The van der Waals surface area contributed by atoms with Crippen LogP contribution < -0.4 is 21.9 Å². The number of ketones is 1. The van der Waals surface area contributed by atoms with E-state index in [9.17, 15) is 19.5 Å². The van der Waals surface area contributed by atoms with Gasteiger partial charge in [-0.05, 0) is 57.4 Å². The smallest absolute Gasteiger partial charge is 0.330 e. The predicted molar refractivity (Wildman–Crippen MR) is 213 cm³/mol. The first-order valence-corrected chi connectivity index (χ1v) is 20.1. The summed E-state index contributed by atoms with van der Waals surface area (Å²) < 4.78 is 8.95. The number of aliphatic hydroxyl groups excluding tert-OH is 1. The lowest BCUT2D eigenvalue weighted by Crippen LogP contribution is -2.35. The number of H-pyrrole nitrogens is 1. The Kier molecular flexibility index (Phi) is 16.7. The Morgan fingerprint density at radius 3 is 2.26 bits per heavy atom. The van der Waals surface area contributed by atoms with Crippen molar-refractivity contribution in [2.24, 2.45) is 0 Å². The SMILES string of the molecule is Cc1nc(CCCCCCC(=O)c2ccccc2)n2nc(NCCCCCCCCCCCCNCc3cn([C@H]4C=C[C@@H](CO)O4)c(=O)[nH]c3=O)ccc12. The zero-order valence-electron chi connectivity index (χ0n) is 31.9. The standard InChI is InChI=1S/C42H59N7O5/c1-32-36-24-25-38(47-49(36)39(45-32)22-16-9-8-15-21-37(51)33-19-13-12-14-20-33)44-28-18-11-7-5-3-2-4-6-10-17-27-43-29-34-30-48(42(53)46-41(34)52)40-26-23-35(31-50)54-40/h12-14,19-20,23-26,30,35,40,43,50H,2-11,15-18,21-22,27-29,31H2,1H3,(H,44,47)(H,46,52,53)/t35-,40+/m0/s1. The molecule has 12 heteroatoms. The minimum absolute atomic E-state index is 0.157. The number of nitrogens with one attached hydrogen (secondary N) is 3. The van der Waals surface area contributed by atoms with Crippen LogP contribution in [0.2, 0.25) is 0 Å². The van der Waals surface area contributed by atoms with E-state index >= 15 is 0 Å². The molecule has 4 heterocycles. The molecule has 5 rings (SSSR count). The summed E-state index contributed by atoms with van der Waals surface area (Å²) >= 11 is 0. The molecule has 1 aromatic carbocycles. The second kappa shape index (κ2) is 22.1. The fourth-order valence-corrected chi connectivity index (χ4v) is 6.96. The first-order valence-electron chi connectivity index (χ1n) is 20.1. The zero-order valence-corrected chi connectivity index (χ0v) is 31.9. The molecule has 0 radical (unpaired) electrons. The summed E-state index contributed by atoms with van der Waals surface area (Å²) in [5.74, 6) is 2.12. The third kappa shape index (κ3) is 12.6. The van der Waals surface area contributed by atoms with E-state index in [1.165, 1.54) is 49.5 Å². The fraction of sp³-hybridized carbons (Fsp3) is 0.548. The van der Waals surface area contributed by atoms with Gasteiger partial charge < -0.3 is 20.5 Å². The minimum atomic E-state index is -0.627. The number of aliphatic hydroxyl groups is 1. The van der Waals surface area contributed by atoms with Crippen molar-refractivity contribution < 1.29 is 14.6 Å². The van der Waals surface area contributed by atoms with Crippen molar-refractivity contribution in [3.8, 4) is 0 Å². The van der Waals surface area contributed by atoms with Gasteiger partial charge in [0.15, 0.2) is 12.0 Å². The number of carbonyl (C=O) groups excluding carboxylic acids is 1. The number of anilines is 1. The van der Waals surface area contributed by atoms with E-state index < -0.39 is 18.0 Å². The molecule has 0 saturated heterocycles. The van der Waals surface area contributed by atoms with Crippen molar-refractivity contribution in [3.63, 3.8) is 0 Å². The van der Waals surface area contributed by atoms with Crippen molar-refractivity contribution in [2.75, 3.05) is 25.0 Å². The number of imidazole rings is 1. The van der Waals surface area contributed by atoms with Crippen LogP contribution in [0, 0.1) is 6.92 Å². The van der Waals surface area contributed by atoms with Crippen LogP contribution in [0.1, 0.15) is 130 Å². The summed E-state index contributed by atoms with van der Waals surface area (Å²) in [4.78, 5) is 44.0. The number of nitrogens with zero attached hydrogens (tertiary/aromatic N) is 4. The lowest BCUT2D eigenvalue weighted by atomic mass is 10.0. The fourth-order valence-electron chi connectivity index (χ4n) is 6.96. The Morgan fingerprint density at radius 1 is 0.852 bits per heavy atom. The molecule has 3 aromatic heterocycles. The van der Waals surface area contributed by atoms with Crippen LogP contribution in [-0.4, -0.2) is 60.8 Å². The molecule has 292 valence electrons. The van der Waals surface area contributed by atoms with Crippen LogP contribution in [-0.2, 0) is 17.7 Å². The first kappa shape index (κ1) is 40.8. The number of aromatic amines is 1. The molecule has 4 N–H and O–H groups in total. The molecule has 0 unspecified atom stereocenters. The molecule has 0 spiro atoms. The lowest BCUT2D eigenvalue weighted by Gasteiger charge is -2.15. The van der Waals surface area contributed by atoms with E-state index in [0.29, 0.717) is 18.5 Å². The minimum Gasteiger partial charge on any atom is -0.393 e. The lowest BCUT2D eigenvalue weighted by molar-refractivity contribution is -0.0104. The molecule has 4 aromatic rings. The van der Waals surface area contributed by atoms with E-state index in [-0.39, 0.29) is 17.9 Å². The number of aromatic nitrogens is 5. The monoisotopic (exact) mass is 741 g/mol. The highest BCUT2D eigenvalue weighted by Crippen LogP contribution is 2.20. The number of ether oxygens (including phenoxy) is 1. The summed E-state index contributed by atoms with van der Waals surface area (Å²) in [5, 5.41) is 21.0. The number of benzene rings is 1. The van der Waals surface area contributed by atoms with Gasteiger partial charge in [0.25, 0.3) is 5.56 Å². The quantitative estimate of drug-likeness (QED) is 0.0309. The molecule has 1 aliphatic heterocycles. The van der Waals surface area contributed by atoms with E-state index in [4.69, 9.17) is 14.8 Å².